The van der Waals surface area contributed by atoms with E-state index in [-0.39, 0.29) is 5.91 Å². The van der Waals surface area contributed by atoms with Gasteiger partial charge in [-0.05, 0) is 88.5 Å². The van der Waals surface area contributed by atoms with E-state index in [1.165, 1.54) is 15.3 Å². The molecule has 156 valence electrons. The second kappa shape index (κ2) is 10.0. The molecular formula is C24H19IN2O3S. The Morgan fingerprint density at radius 2 is 1.77 bits per heavy atom. The molecule has 5 nitrogen and oxygen atoms in total. The van der Waals surface area contributed by atoms with Gasteiger partial charge in [-0.3, -0.25) is 4.79 Å². The number of hydrogen-bond acceptors (Lipinski definition) is 5. The second-order valence-electron chi connectivity index (χ2n) is 6.63. The third-order valence-electron chi connectivity index (χ3n) is 4.47. The highest BCUT2D eigenvalue weighted by atomic mass is 127. The fourth-order valence-corrected chi connectivity index (χ4v) is 4.06. The van der Waals surface area contributed by atoms with Crippen molar-refractivity contribution in [3.63, 3.8) is 0 Å². The summed E-state index contributed by atoms with van der Waals surface area (Å²) in [5, 5.41) is 3.36. The number of amidine groups is 1. The van der Waals surface area contributed by atoms with E-state index in [1.54, 1.807) is 7.11 Å². The lowest BCUT2D eigenvalue weighted by molar-refractivity contribution is -0.115. The summed E-state index contributed by atoms with van der Waals surface area (Å²) in [5.74, 6) is 1.31. The van der Waals surface area contributed by atoms with Crippen molar-refractivity contribution in [2.45, 2.75) is 6.61 Å². The Morgan fingerprint density at radius 1 is 1.03 bits per heavy atom. The number of rotatable bonds is 6. The third kappa shape index (κ3) is 5.68. The van der Waals surface area contributed by atoms with Crippen molar-refractivity contribution in [1.82, 2.24) is 5.32 Å². The highest BCUT2D eigenvalue weighted by Crippen LogP contribution is 2.31. The fourth-order valence-electron chi connectivity index (χ4n) is 2.87. The molecule has 1 fully saturated rings. The first kappa shape index (κ1) is 21.5. The summed E-state index contributed by atoms with van der Waals surface area (Å²) >= 11 is 3.58. The molecule has 0 radical (unpaired) electrons. The van der Waals surface area contributed by atoms with E-state index < -0.39 is 0 Å². The number of benzene rings is 3. The second-order valence-corrected chi connectivity index (χ2v) is 8.91. The molecule has 0 aliphatic carbocycles. The van der Waals surface area contributed by atoms with E-state index in [0.29, 0.717) is 16.7 Å². The van der Waals surface area contributed by atoms with Crippen molar-refractivity contribution in [3.8, 4) is 11.5 Å². The van der Waals surface area contributed by atoms with Gasteiger partial charge in [0.15, 0.2) is 5.17 Å². The molecule has 3 aromatic rings. The van der Waals surface area contributed by atoms with Crippen LogP contribution in [0.15, 0.2) is 82.7 Å². The van der Waals surface area contributed by atoms with Crippen molar-refractivity contribution in [1.29, 1.82) is 0 Å². The zero-order valence-corrected chi connectivity index (χ0v) is 19.6. The monoisotopic (exact) mass is 542 g/mol. The topological polar surface area (TPSA) is 59.9 Å². The van der Waals surface area contributed by atoms with E-state index in [2.05, 4.69) is 45.0 Å². The number of carbonyl (C=O) groups is 1. The average molecular weight is 542 g/mol. The molecule has 0 spiro atoms. The Morgan fingerprint density at radius 3 is 2.52 bits per heavy atom. The van der Waals surface area contributed by atoms with Gasteiger partial charge in [0.1, 0.15) is 18.1 Å². The van der Waals surface area contributed by atoms with Crippen LogP contribution in [0.5, 0.6) is 11.5 Å². The molecule has 0 atom stereocenters. The van der Waals surface area contributed by atoms with Crippen LogP contribution in [-0.2, 0) is 11.4 Å². The molecule has 0 saturated carbocycles. The number of para-hydroxylation sites is 1. The number of aliphatic imine (C=N–C) groups is 1. The molecule has 1 heterocycles. The van der Waals surface area contributed by atoms with Crippen LogP contribution in [0.1, 0.15) is 11.1 Å². The van der Waals surface area contributed by atoms with Crippen molar-refractivity contribution >= 4 is 57.2 Å². The quantitative estimate of drug-likeness (QED) is 0.318. The van der Waals surface area contributed by atoms with E-state index in [9.17, 15) is 4.79 Å². The van der Waals surface area contributed by atoms with Gasteiger partial charge in [-0.25, -0.2) is 4.99 Å². The summed E-state index contributed by atoms with van der Waals surface area (Å²) in [6.07, 6.45) is 1.83. The molecular weight excluding hydrogens is 523 g/mol. The van der Waals surface area contributed by atoms with Crippen LogP contribution in [0.25, 0.3) is 6.08 Å². The van der Waals surface area contributed by atoms with E-state index in [0.717, 1.165) is 28.3 Å². The molecule has 1 N–H and O–H groups in total. The zero-order chi connectivity index (χ0) is 21.6. The maximum absolute atomic E-state index is 12.5. The van der Waals surface area contributed by atoms with Crippen molar-refractivity contribution < 1.29 is 14.3 Å². The maximum Gasteiger partial charge on any atom is 0.264 e. The lowest BCUT2D eigenvalue weighted by Gasteiger charge is -2.09. The van der Waals surface area contributed by atoms with Gasteiger partial charge in [-0.2, -0.15) is 0 Å². The van der Waals surface area contributed by atoms with Crippen LogP contribution in [0, 0.1) is 3.57 Å². The van der Waals surface area contributed by atoms with E-state index in [4.69, 9.17) is 9.47 Å². The van der Waals surface area contributed by atoms with Crippen LogP contribution < -0.4 is 14.8 Å². The number of thioether (sulfide) groups is 1. The van der Waals surface area contributed by atoms with Crippen LogP contribution in [-0.4, -0.2) is 18.2 Å². The zero-order valence-electron chi connectivity index (χ0n) is 16.7. The number of nitrogens with zero attached hydrogens (tertiary/aromatic N) is 1. The molecule has 1 saturated heterocycles. The van der Waals surface area contributed by atoms with Crippen LogP contribution in [0.4, 0.5) is 5.69 Å². The van der Waals surface area contributed by atoms with Crippen molar-refractivity contribution in [3.05, 3.63) is 92.4 Å². The summed E-state index contributed by atoms with van der Waals surface area (Å²) in [7, 11) is 1.62. The normalized spacial score (nSPS) is 15.9. The maximum atomic E-state index is 12.5. The molecule has 0 aromatic heterocycles. The summed E-state index contributed by atoms with van der Waals surface area (Å²) in [6, 6.07) is 23.2. The smallest absolute Gasteiger partial charge is 0.264 e. The van der Waals surface area contributed by atoms with Gasteiger partial charge in [-0.15, -0.1) is 0 Å². The third-order valence-corrected chi connectivity index (χ3v) is 6.10. The molecule has 0 bridgehead atoms. The largest absolute Gasteiger partial charge is 0.497 e. The minimum Gasteiger partial charge on any atom is -0.497 e. The SMILES string of the molecule is COc1ccc(N=C2NC(=O)/C(=C\c3ccccc3OCc3ccc(I)cc3)S2)cc1. The molecule has 1 amide bonds. The predicted octanol–water partition coefficient (Wildman–Crippen LogP) is 5.77. The minimum absolute atomic E-state index is 0.176. The molecule has 7 heteroatoms. The number of carbonyl (C=O) groups excluding carboxylic acids is 1. The number of nitrogens with one attached hydrogen (secondary N) is 1. The average Bonchev–Trinajstić information content (AvgIpc) is 3.13. The van der Waals surface area contributed by atoms with E-state index in [1.807, 2.05) is 66.7 Å². The predicted molar refractivity (Wildman–Crippen MR) is 134 cm³/mol. The molecule has 31 heavy (non-hydrogen) atoms. The van der Waals surface area contributed by atoms with E-state index >= 15 is 0 Å². The number of ether oxygens (including phenoxy) is 2. The van der Waals surface area contributed by atoms with Gasteiger partial charge >= 0.3 is 0 Å². The minimum atomic E-state index is -0.176. The summed E-state index contributed by atoms with van der Waals surface area (Å²) < 4.78 is 12.4. The van der Waals surface area contributed by atoms with Gasteiger partial charge in [0.2, 0.25) is 0 Å². The Labute approximate surface area is 198 Å². The molecule has 3 aromatic carbocycles. The first-order chi connectivity index (χ1) is 15.1. The van der Waals surface area contributed by atoms with Crippen LogP contribution in [0.2, 0.25) is 0 Å². The Hall–Kier alpha value is -2.78. The Balaban J connectivity index is 1.49. The molecule has 4 rings (SSSR count). The molecule has 0 unspecified atom stereocenters. The number of hydrogen-bond donors (Lipinski definition) is 1. The van der Waals surface area contributed by atoms with Gasteiger partial charge in [0, 0.05) is 9.13 Å². The lowest BCUT2D eigenvalue weighted by atomic mass is 10.2. The molecule has 1 aliphatic heterocycles. The summed E-state index contributed by atoms with van der Waals surface area (Å²) in [4.78, 5) is 17.5. The van der Waals surface area contributed by atoms with Gasteiger partial charge in [-0.1, -0.05) is 30.3 Å². The van der Waals surface area contributed by atoms with Crippen LogP contribution in [0.3, 0.4) is 0 Å². The van der Waals surface area contributed by atoms with Crippen LogP contribution >= 0.6 is 34.4 Å². The fraction of sp³-hybridized carbons (Fsp3) is 0.0833. The Bertz CT molecular complexity index is 1140. The number of methoxy groups -OCH3 is 1. The van der Waals surface area contributed by atoms with Gasteiger partial charge in [0.05, 0.1) is 17.7 Å². The first-order valence-electron chi connectivity index (χ1n) is 9.50. The highest BCUT2D eigenvalue weighted by molar-refractivity contribution is 14.1. The summed E-state index contributed by atoms with van der Waals surface area (Å²) in [5.41, 5.74) is 2.67. The van der Waals surface area contributed by atoms with Gasteiger partial charge in [0.25, 0.3) is 5.91 Å². The summed E-state index contributed by atoms with van der Waals surface area (Å²) in [6.45, 7) is 0.459. The first-order valence-corrected chi connectivity index (χ1v) is 11.4. The standard InChI is InChI=1S/C24H19IN2O3S/c1-29-20-12-10-19(11-13-20)26-24-27-23(28)22(31-24)14-17-4-2-3-5-21(17)30-15-16-6-8-18(25)9-7-16/h2-14H,15H2,1H3,(H,26,27,28)/b22-14+. The van der Waals surface area contributed by atoms with Gasteiger partial charge < -0.3 is 14.8 Å². The van der Waals surface area contributed by atoms with Crippen molar-refractivity contribution in [2.75, 3.05) is 7.11 Å². The number of amides is 1. The molecule has 1 aliphatic rings. The van der Waals surface area contributed by atoms with Crippen molar-refractivity contribution in [2.24, 2.45) is 4.99 Å². The number of halogens is 1. The lowest BCUT2D eigenvalue weighted by Crippen LogP contribution is -2.19. The highest BCUT2D eigenvalue weighted by Gasteiger charge is 2.24. The Kier molecular flexibility index (Phi) is 6.93.